The summed E-state index contributed by atoms with van der Waals surface area (Å²) in [5, 5.41) is 2.62. The monoisotopic (exact) mass is 459 g/mol. The molecule has 2 aromatic rings. The van der Waals surface area contributed by atoms with Crippen molar-refractivity contribution in [3.8, 4) is 0 Å². The van der Waals surface area contributed by atoms with Crippen molar-refractivity contribution in [3.63, 3.8) is 0 Å². The van der Waals surface area contributed by atoms with Gasteiger partial charge in [0.15, 0.2) is 6.61 Å². The fraction of sp³-hybridized carbons (Fsp3) is 0.263. The van der Waals surface area contributed by atoms with Gasteiger partial charge in [-0.2, -0.15) is 13.2 Å². The number of alkyl halides is 3. The highest BCUT2D eigenvalue weighted by Gasteiger charge is 2.27. The number of carbonyl (C=O) groups excluding carboxylic acids is 2. The van der Waals surface area contributed by atoms with Gasteiger partial charge in [0, 0.05) is 4.47 Å². The van der Waals surface area contributed by atoms with Crippen LogP contribution in [0.2, 0.25) is 0 Å². The molecule has 2 aromatic carbocycles. The Hall–Kier alpha value is -2.39. The number of ether oxygens (including phenoxy) is 2. The Morgan fingerprint density at radius 3 is 2.39 bits per heavy atom. The number of amides is 1. The second kappa shape index (κ2) is 9.70. The Morgan fingerprint density at radius 2 is 1.79 bits per heavy atom. The molecule has 1 amide bonds. The number of carbonyl (C=O) groups is 2. The maximum Gasteiger partial charge on any atom is 0.411 e. The smallest absolute Gasteiger partial charge is 0.411 e. The summed E-state index contributed by atoms with van der Waals surface area (Å²) in [7, 11) is 0. The number of hydrogen-bond donors (Lipinski definition) is 1. The third kappa shape index (κ3) is 7.32. The van der Waals surface area contributed by atoms with Gasteiger partial charge in [-0.05, 0) is 58.2 Å². The summed E-state index contributed by atoms with van der Waals surface area (Å²) in [4.78, 5) is 23.9. The number of esters is 1. The van der Waals surface area contributed by atoms with E-state index in [9.17, 15) is 22.8 Å². The Morgan fingerprint density at radius 1 is 1.11 bits per heavy atom. The average Bonchev–Trinajstić information content (AvgIpc) is 2.61. The second-order valence-electron chi connectivity index (χ2n) is 5.91. The highest BCUT2D eigenvalue weighted by atomic mass is 79.9. The van der Waals surface area contributed by atoms with E-state index in [0.717, 1.165) is 5.56 Å². The Kier molecular flexibility index (Phi) is 7.59. The fourth-order valence-electron chi connectivity index (χ4n) is 2.14. The van der Waals surface area contributed by atoms with Crippen molar-refractivity contribution in [2.75, 3.05) is 18.5 Å². The van der Waals surface area contributed by atoms with Crippen molar-refractivity contribution in [1.82, 2.24) is 0 Å². The first-order valence-electron chi connectivity index (χ1n) is 8.10. The van der Waals surface area contributed by atoms with E-state index in [1.54, 1.807) is 6.07 Å². The molecule has 0 spiro atoms. The van der Waals surface area contributed by atoms with Gasteiger partial charge in [-0.15, -0.1) is 0 Å². The minimum atomic E-state index is -4.39. The Labute approximate surface area is 168 Å². The van der Waals surface area contributed by atoms with E-state index >= 15 is 0 Å². The van der Waals surface area contributed by atoms with Crippen LogP contribution in [0.1, 0.15) is 21.5 Å². The van der Waals surface area contributed by atoms with Crippen molar-refractivity contribution in [1.29, 1.82) is 0 Å². The number of benzene rings is 2. The summed E-state index contributed by atoms with van der Waals surface area (Å²) in [6.45, 7) is -0.146. The van der Waals surface area contributed by atoms with Crippen molar-refractivity contribution in [3.05, 3.63) is 63.6 Å². The first-order chi connectivity index (χ1) is 13.1. The first kappa shape index (κ1) is 21.9. The largest absolute Gasteiger partial charge is 0.452 e. The highest BCUT2D eigenvalue weighted by molar-refractivity contribution is 9.10. The standard InChI is InChI=1S/C19H17BrF3NO4/c1-12-2-7-16(15(20)8-12)24-17(25)10-28-18(26)14-5-3-13(4-6-14)9-27-11-19(21,22)23/h2-8H,9-11H2,1H3,(H,24,25). The van der Waals surface area contributed by atoms with Gasteiger partial charge in [0.1, 0.15) is 6.61 Å². The first-order valence-corrected chi connectivity index (χ1v) is 8.90. The van der Waals surface area contributed by atoms with Crippen LogP contribution in [0.4, 0.5) is 18.9 Å². The molecule has 1 N–H and O–H groups in total. The third-order valence-electron chi connectivity index (χ3n) is 3.46. The van der Waals surface area contributed by atoms with Gasteiger partial charge in [-0.1, -0.05) is 18.2 Å². The molecule has 0 saturated heterocycles. The molecule has 0 heterocycles. The van der Waals surface area contributed by atoms with Gasteiger partial charge in [-0.25, -0.2) is 4.79 Å². The zero-order chi connectivity index (χ0) is 20.7. The topological polar surface area (TPSA) is 64.6 Å². The summed E-state index contributed by atoms with van der Waals surface area (Å²) in [6.07, 6.45) is -4.39. The summed E-state index contributed by atoms with van der Waals surface area (Å²) in [5.74, 6) is -1.23. The molecule has 0 aliphatic carbocycles. The molecule has 28 heavy (non-hydrogen) atoms. The lowest BCUT2D eigenvalue weighted by molar-refractivity contribution is -0.176. The van der Waals surface area contributed by atoms with Gasteiger partial charge in [0.05, 0.1) is 17.9 Å². The van der Waals surface area contributed by atoms with Gasteiger partial charge in [-0.3, -0.25) is 4.79 Å². The van der Waals surface area contributed by atoms with E-state index in [-0.39, 0.29) is 12.2 Å². The lowest BCUT2D eigenvalue weighted by Crippen LogP contribution is -2.21. The van der Waals surface area contributed by atoms with Crippen LogP contribution < -0.4 is 5.32 Å². The Bertz CT molecular complexity index is 838. The molecule has 0 aliphatic rings. The third-order valence-corrected chi connectivity index (χ3v) is 4.11. The number of nitrogens with one attached hydrogen (secondary N) is 1. The van der Waals surface area contributed by atoms with Crippen molar-refractivity contribution < 1.29 is 32.2 Å². The average molecular weight is 460 g/mol. The van der Waals surface area contributed by atoms with Crippen LogP contribution in [0.25, 0.3) is 0 Å². The fourth-order valence-corrected chi connectivity index (χ4v) is 2.74. The zero-order valence-corrected chi connectivity index (χ0v) is 16.4. The maximum absolute atomic E-state index is 12.0. The number of rotatable bonds is 7. The SMILES string of the molecule is Cc1ccc(NC(=O)COC(=O)c2ccc(COCC(F)(F)F)cc2)c(Br)c1. The molecular formula is C19H17BrF3NO4. The molecule has 2 rings (SSSR count). The minimum absolute atomic E-state index is 0.170. The molecule has 0 radical (unpaired) electrons. The minimum Gasteiger partial charge on any atom is -0.452 e. The van der Waals surface area contributed by atoms with E-state index in [1.165, 1.54) is 24.3 Å². The summed E-state index contributed by atoms with van der Waals surface area (Å²) in [6, 6.07) is 11.1. The molecule has 0 aromatic heterocycles. The van der Waals surface area contributed by atoms with Crippen LogP contribution in [0.5, 0.6) is 0 Å². The second-order valence-corrected chi connectivity index (χ2v) is 6.77. The van der Waals surface area contributed by atoms with Crippen LogP contribution in [-0.2, 0) is 20.9 Å². The number of anilines is 1. The highest BCUT2D eigenvalue weighted by Crippen LogP contribution is 2.23. The number of aryl methyl sites for hydroxylation is 1. The van der Waals surface area contributed by atoms with E-state index in [2.05, 4.69) is 26.0 Å². The van der Waals surface area contributed by atoms with Crippen molar-refractivity contribution >= 4 is 33.5 Å². The zero-order valence-electron chi connectivity index (χ0n) is 14.8. The summed E-state index contributed by atoms with van der Waals surface area (Å²) < 4.78 is 46.3. The molecule has 0 saturated carbocycles. The van der Waals surface area contributed by atoms with E-state index in [0.29, 0.717) is 15.7 Å². The lowest BCUT2D eigenvalue weighted by atomic mass is 10.1. The molecule has 0 aliphatic heterocycles. The lowest BCUT2D eigenvalue weighted by Gasteiger charge is -2.09. The van der Waals surface area contributed by atoms with Crippen LogP contribution in [0.3, 0.4) is 0 Å². The molecule has 0 bridgehead atoms. The van der Waals surface area contributed by atoms with Gasteiger partial charge in [0.2, 0.25) is 0 Å². The number of hydrogen-bond acceptors (Lipinski definition) is 4. The quantitative estimate of drug-likeness (QED) is 0.612. The van der Waals surface area contributed by atoms with Gasteiger partial charge in [0.25, 0.3) is 5.91 Å². The molecule has 9 heteroatoms. The van der Waals surface area contributed by atoms with E-state index in [1.807, 2.05) is 19.1 Å². The van der Waals surface area contributed by atoms with Crippen molar-refractivity contribution in [2.24, 2.45) is 0 Å². The van der Waals surface area contributed by atoms with Crippen LogP contribution in [0, 0.1) is 6.92 Å². The summed E-state index contributed by atoms with van der Waals surface area (Å²) in [5.41, 5.74) is 2.21. The molecule has 0 fully saturated rings. The predicted octanol–water partition coefficient (Wildman–Crippen LogP) is 4.63. The predicted molar refractivity (Wildman–Crippen MR) is 99.9 cm³/mol. The summed E-state index contributed by atoms with van der Waals surface area (Å²) >= 11 is 3.33. The molecular weight excluding hydrogens is 443 g/mol. The van der Waals surface area contributed by atoms with E-state index < -0.39 is 31.3 Å². The number of halogens is 4. The molecule has 5 nitrogen and oxygen atoms in total. The normalized spacial score (nSPS) is 11.2. The van der Waals surface area contributed by atoms with Crippen molar-refractivity contribution in [2.45, 2.75) is 19.7 Å². The van der Waals surface area contributed by atoms with E-state index in [4.69, 9.17) is 4.74 Å². The van der Waals surface area contributed by atoms with Crippen LogP contribution in [-0.4, -0.2) is 31.3 Å². The molecule has 150 valence electrons. The van der Waals surface area contributed by atoms with Gasteiger partial charge < -0.3 is 14.8 Å². The molecule has 0 atom stereocenters. The van der Waals surface area contributed by atoms with Crippen LogP contribution in [0.15, 0.2) is 46.9 Å². The maximum atomic E-state index is 12.0. The van der Waals surface area contributed by atoms with Crippen LogP contribution >= 0.6 is 15.9 Å². The van der Waals surface area contributed by atoms with Gasteiger partial charge >= 0.3 is 12.1 Å². The Balaban J connectivity index is 1.81. The molecule has 0 unspecified atom stereocenters.